The molecule has 2 heterocycles. The molecular formula is C7H10F2N4S. The van der Waals surface area contributed by atoms with E-state index in [0.29, 0.717) is 17.3 Å². The van der Waals surface area contributed by atoms with Crippen LogP contribution >= 0.6 is 12.2 Å². The third kappa shape index (κ3) is 1.52. The molecule has 1 aromatic rings. The van der Waals surface area contributed by atoms with Gasteiger partial charge in [-0.05, 0) is 12.2 Å². The zero-order valence-electron chi connectivity index (χ0n) is 7.63. The molecule has 0 aromatic carbocycles. The fraction of sp³-hybridized carbons (Fsp3) is 0.714. The van der Waals surface area contributed by atoms with Gasteiger partial charge in [-0.2, -0.15) is 0 Å². The molecule has 1 aromatic heterocycles. The Hall–Kier alpha value is -0.980. The second kappa shape index (κ2) is 3.01. The molecule has 0 aliphatic carbocycles. The number of H-pyrrole nitrogens is 1. The summed E-state index contributed by atoms with van der Waals surface area (Å²) in [6.45, 7) is 0.0426. The van der Waals surface area contributed by atoms with E-state index >= 15 is 0 Å². The Kier molecular flexibility index (Phi) is 2.06. The molecule has 2 rings (SSSR count). The lowest BCUT2D eigenvalue weighted by Gasteiger charge is -2.15. The van der Waals surface area contributed by atoms with Crippen molar-refractivity contribution in [1.29, 1.82) is 0 Å². The first-order valence-electron chi connectivity index (χ1n) is 4.24. The molecule has 1 saturated heterocycles. The van der Waals surface area contributed by atoms with Gasteiger partial charge in [0.15, 0.2) is 4.77 Å². The number of nitrogens with zero attached hydrogens (tertiary/aromatic N) is 3. The molecule has 1 aliphatic heterocycles. The maximum absolute atomic E-state index is 12.9. The van der Waals surface area contributed by atoms with Crippen LogP contribution in [0.3, 0.4) is 0 Å². The summed E-state index contributed by atoms with van der Waals surface area (Å²) in [7, 11) is 1.71. The standard InChI is InChI=1S/C7H10F2N4S/c1-12-5(10-11-6(12)14)13-3-2-7(8,9)4-13/h2-4H2,1H3,(H,11,14). The zero-order chi connectivity index (χ0) is 10.3. The number of halogens is 2. The van der Waals surface area contributed by atoms with Gasteiger partial charge < -0.3 is 4.90 Å². The van der Waals surface area contributed by atoms with E-state index < -0.39 is 5.92 Å². The second-order valence-electron chi connectivity index (χ2n) is 3.42. The summed E-state index contributed by atoms with van der Waals surface area (Å²) < 4.78 is 27.8. The molecule has 0 amide bonds. The average molecular weight is 220 g/mol. The van der Waals surface area contributed by atoms with E-state index in [-0.39, 0.29) is 13.0 Å². The molecule has 0 spiro atoms. The summed E-state index contributed by atoms with van der Waals surface area (Å²) in [6.07, 6.45) is -0.118. The highest BCUT2D eigenvalue weighted by atomic mass is 32.1. The SMILES string of the molecule is Cn1c(N2CCC(F)(F)C2)n[nH]c1=S. The molecular weight excluding hydrogens is 210 g/mol. The predicted molar refractivity (Wildman–Crippen MR) is 50.2 cm³/mol. The van der Waals surface area contributed by atoms with Crippen LogP contribution < -0.4 is 4.90 Å². The van der Waals surface area contributed by atoms with Crippen molar-refractivity contribution in [3.05, 3.63) is 4.77 Å². The lowest BCUT2D eigenvalue weighted by atomic mass is 10.3. The summed E-state index contributed by atoms with van der Waals surface area (Å²) in [4.78, 5) is 1.53. The summed E-state index contributed by atoms with van der Waals surface area (Å²) in [5.74, 6) is -2.12. The summed E-state index contributed by atoms with van der Waals surface area (Å²) >= 11 is 4.90. The number of alkyl halides is 2. The number of nitrogens with one attached hydrogen (secondary N) is 1. The molecule has 0 atom stereocenters. The quantitative estimate of drug-likeness (QED) is 0.725. The van der Waals surface area contributed by atoms with Gasteiger partial charge in [0.2, 0.25) is 5.95 Å². The minimum atomic E-state index is -2.60. The van der Waals surface area contributed by atoms with Gasteiger partial charge in [-0.3, -0.25) is 4.57 Å². The summed E-state index contributed by atoms with van der Waals surface area (Å²) in [5, 5.41) is 6.47. The van der Waals surface area contributed by atoms with Gasteiger partial charge >= 0.3 is 0 Å². The van der Waals surface area contributed by atoms with Crippen molar-refractivity contribution < 1.29 is 8.78 Å². The van der Waals surface area contributed by atoms with E-state index in [1.807, 2.05) is 0 Å². The third-order valence-corrected chi connectivity index (χ3v) is 2.67. The van der Waals surface area contributed by atoms with Crippen LogP contribution in [0.15, 0.2) is 0 Å². The minimum absolute atomic E-state index is 0.118. The number of aromatic nitrogens is 3. The van der Waals surface area contributed by atoms with E-state index in [9.17, 15) is 8.78 Å². The number of aromatic amines is 1. The highest BCUT2D eigenvalue weighted by molar-refractivity contribution is 7.71. The molecule has 1 aliphatic rings. The fourth-order valence-corrected chi connectivity index (χ4v) is 1.66. The van der Waals surface area contributed by atoms with Gasteiger partial charge in [0.05, 0.1) is 6.54 Å². The van der Waals surface area contributed by atoms with Gasteiger partial charge in [0.25, 0.3) is 5.92 Å². The molecule has 0 radical (unpaired) electrons. The van der Waals surface area contributed by atoms with Gasteiger partial charge in [-0.25, -0.2) is 13.9 Å². The van der Waals surface area contributed by atoms with Crippen molar-refractivity contribution >= 4 is 18.2 Å². The molecule has 1 fully saturated rings. The molecule has 1 N–H and O–H groups in total. The van der Waals surface area contributed by atoms with E-state index in [4.69, 9.17) is 12.2 Å². The van der Waals surface area contributed by atoms with Crippen LogP contribution in [-0.4, -0.2) is 33.8 Å². The third-order valence-electron chi connectivity index (χ3n) is 2.31. The van der Waals surface area contributed by atoms with Crippen LogP contribution in [0.4, 0.5) is 14.7 Å². The smallest absolute Gasteiger partial charge is 0.267 e. The van der Waals surface area contributed by atoms with Crippen molar-refractivity contribution in [1.82, 2.24) is 14.8 Å². The molecule has 78 valence electrons. The van der Waals surface area contributed by atoms with Crippen molar-refractivity contribution in [3.63, 3.8) is 0 Å². The minimum Gasteiger partial charge on any atom is -0.335 e. The molecule has 0 unspecified atom stereocenters. The maximum atomic E-state index is 12.9. The monoisotopic (exact) mass is 220 g/mol. The first-order chi connectivity index (χ1) is 6.49. The van der Waals surface area contributed by atoms with Crippen molar-refractivity contribution in [3.8, 4) is 0 Å². The van der Waals surface area contributed by atoms with Gasteiger partial charge in [0.1, 0.15) is 0 Å². The molecule has 14 heavy (non-hydrogen) atoms. The van der Waals surface area contributed by atoms with Gasteiger partial charge in [-0.1, -0.05) is 0 Å². The number of anilines is 1. The first-order valence-corrected chi connectivity index (χ1v) is 4.65. The van der Waals surface area contributed by atoms with Crippen molar-refractivity contribution in [2.75, 3.05) is 18.0 Å². The number of hydrogen-bond donors (Lipinski definition) is 1. The average Bonchev–Trinajstić information content (AvgIpc) is 2.59. The highest BCUT2D eigenvalue weighted by Crippen LogP contribution is 2.29. The maximum Gasteiger partial charge on any atom is 0.267 e. The Labute approximate surface area is 84.5 Å². The molecule has 7 heteroatoms. The second-order valence-corrected chi connectivity index (χ2v) is 3.80. The molecule has 4 nitrogen and oxygen atoms in total. The van der Waals surface area contributed by atoms with E-state index in [2.05, 4.69) is 10.2 Å². The van der Waals surface area contributed by atoms with Crippen LogP contribution in [0.25, 0.3) is 0 Å². The van der Waals surface area contributed by atoms with Crippen LogP contribution in [-0.2, 0) is 7.05 Å². The predicted octanol–water partition coefficient (Wildman–Crippen LogP) is 1.32. The topological polar surface area (TPSA) is 36.9 Å². The molecule has 0 bridgehead atoms. The highest BCUT2D eigenvalue weighted by Gasteiger charge is 2.39. The van der Waals surface area contributed by atoms with Crippen molar-refractivity contribution in [2.45, 2.75) is 12.3 Å². The van der Waals surface area contributed by atoms with E-state index in [1.54, 1.807) is 11.6 Å². The number of hydrogen-bond acceptors (Lipinski definition) is 3. The van der Waals surface area contributed by atoms with Crippen LogP contribution in [0.1, 0.15) is 6.42 Å². The Morgan fingerprint density at radius 3 is 2.71 bits per heavy atom. The number of rotatable bonds is 1. The van der Waals surface area contributed by atoms with Crippen molar-refractivity contribution in [2.24, 2.45) is 7.05 Å². The Morgan fingerprint density at radius 2 is 2.29 bits per heavy atom. The van der Waals surface area contributed by atoms with E-state index in [1.165, 1.54) is 4.90 Å². The fourth-order valence-electron chi connectivity index (χ4n) is 1.53. The molecule has 0 saturated carbocycles. The Balaban J connectivity index is 2.26. The lowest BCUT2D eigenvalue weighted by molar-refractivity contribution is 0.0256. The van der Waals surface area contributed by atoms with E-state index in [0.717, 1.165) is 0 Å². The zero-order valence-corrected chi connectivity index (χ0v) is 8.44. The lowest BCUT2D eigenvalue weighted by Crippen LogP contribution is -2.27. The van der Waals surface area contributed by atoms with Gasteiger partial charge in [-0.15, -0.1) is 5.10 Å². The Morgan fingerprint density at radius 1 is 1.57 bits per heavy atom. The first kappa shape index (κ1) is 9.57. The summed E-state index contributed by atoms with van der Waals surface area (Å²) in [6, 6.07) is 0. The Bertz CT molecular complexity index is 397. The normalized spacial score (nSPS) is 20.4. The van der Waals surface area contributed by atoms with Crippen LogP contribution in [0, 0.1) is 4.77 Å². The van der Waals surface area contributed by atoms with Crippen LogP contribution in [0.2, 0.25) is 0 Å². The summed E-state index contributed by atoms with van der Waals surface area (Å²) in [5.41, 5.74) is 0. The van der Waals surface area contributed by atoms with Gasteiger partial charge in [0, 0.05) is 20.0 Å². The largest absolute Gasteiger partial charge is 0.335 e. The van der Waals surface area contributed by atoms with Crippen LogP contribution in [0.5, 0.6) is 0 Å².